The van der Waals surface area contributed by atoms with E-state index in [1.165, 1.54) is 6.92 Å². The van der Waals surface area contributed by atoms with Gasteiger partial charge in [-0.2, -0.15) is 0 Å². The number of carbonyl (C=O) groups is 3. The highest BCUT2D eigenvalue weighted by Gasteiger charge is 2.33. The average Bonchev–Trinajstić information content (AvgIpc) is 3.65. The number of pyridine rings is 1. The van der Waals surface area contributed by atoms with E-state index in [4.69, 9.17) is 28.4 Å². The molecule has 1 N–H and O–H groups in total. The molecule has 11 nitrogen and oxygen atoms in total. The van der Waals surface area contributed by atoms with E-state index in [2.05, 4.69) is 10.3 Å². The highest BCUT2D eigenvalue weighted by molar-refractivity contribution is 5.97. The Morgan fingerprint density at radius 1 is 1.18 bits per heavy atom. The molecule has 1 saturated carbocycles. The maximum Gasteiger partial charge on any atom is 0.511 e. The molecule has 2 aliphatic rings. The zero-order chi connectivity index (χ0) is 29.4. The van der Waals surface area contributed by atoms with E-state index in [0.29, 0.717) is 29.4 Å². The normalized spacial score (nSPS) is 19.6. The van der Waals surface area contributed by atoms with Crippen LogP contribution in [0.1, 0.15) is 80.9 Å². The van der Waals surface area contributed by atoms with E-state index in [1.54, 1.807) is 46.1 Å². The molecule has 1 amide bonds. The first-order valence-electron chi connectivity index (χ1n) is 13.5. The number of amides is 1. The summed E-state index contributed by atoms with van der Waals surface area (Å²) in [7, 11) is 1.56. The quantitative estimate of drug-likeness (QED) is 0.167. The summed E-state index contributed by atoms with van der Waals surface area (Å²) in [6.07, 6.45) is 3.11. The van der Waals surface area contributed by atoms with Crippen molar-refractivity contribution in [3.8, 4) is 0 Å². The molecule has 1 aromatic rings. The number of allylic oxidation sites excluding steroid dienone is 3. The van der Waals surface area contributed by atoms with Crippen LogP contribution in [0.4, 0.5) is 4.79 Å². The molecule has 2 atom stereocenters. The molecule has 2 heterocycles. The first kappa shape index (κ1) is 31.1. The van der Waals surface area contributed by atoms with E-state index in [1.807, 2.05) is 19.9 Å². The van der Waals surface area contributed by atoms with Crippen LogP contribution in [0.3, 0.4) is 0 Å². The van der Waals surface area contributed by atoms with Crippen LogP contribution in [-0.2, 0) is 28.4 Å². The molecule has 0 spiro atoms. The first-order chi connectivity index (χ1) is 18.9. The molecule has 1 aliphatic heterocycles. The average molecular weight is 561 g/mol. The largest absolute Gasteiger partial charge is 0.511 e. The van der Waals surface area contributed by atoms with Crippen molar-refractivity contribution in [2.24, 2.45) is 11.8 Å². The van der Waals surface area contributed by atoms with E-state index < -0.39 is 30.3 Å². The topological polar surface area (TPSA) is 132 Å². The van der Waals surface area contributed by atoms with Gasteiger partial charge in [-0.3, -0.25) is 4.79 Å². The second kappa shape index (κ2) is 13.8. The van der Waals surface area contributed by atoms with Gasteiger partial charge in [0.1, 0.15) is 24.2 Å². The van der Waals surface area contributed by atoms with Crippen molar-refractivity contribution in [3.05, 3.63) is 47.0 Å². The van der Waals surface area contributed by atoms with Crippen molar-refractivity contribution in [2.45, 2.75) is 72.6 Å². The molecule has 1 aliphatic carbocycles. The third-order valence-electron chi connectivity index (χ3n) is 6.08. The summed E-state index contributed by atoms with van der Waals surface area (Å²) >= 11 is 0. The van der Waals surface area contributed by atoms with Crippen molar-refractivity contribution >= 4 is 23.6 Å². The predicted molar refractivity (Wildman–Crippen MR) is 145 cm³/mol. The van der Waals surface area contributed by atoms with Gasteiger partial charge in [0.05, 0.1) is 13.7 Å². The van der Waals surface area contributed by atoms with Gasteiger partial charge in [0, 0.05) is 19.0 Å². The van der Waals surface area contributed by atoms with Crippen molar-refractivity contribution in [3.63, 3.8) is 0 Å². The number of hydrogen-bond donors (Lipinski definition) is 1. The molecule has 40 heavy (non-hydrogen) atoms. The molecular formula is C29H40N2O9. The lowest BCUT2D eigenvalue weighted by Gasteiger charge is -2.18. The predicted octanol–water partition coefficient (Wildman–Crippen LogP) is 4.62. The Balaban J connectivity index is 1.73. The summed E-state index contributed by atoms with van der Waals surface area (Å²) in [5, 5.41) is 2.85. The maximum atomic E-state index is 13.2. The smallest absolute Gasteiger partial charge is 0.497 e. The molecule has 2 unspecified atom stereocenters. The van der Waals surface area contributed by atoms with E-state index in [9.17, 15) is 14.4 Å². The van der Waals surface area contributed by atoms with Crippen LogP contribution in [-0.4, -0.2) is 68.1 Å². The number of esters is 1. The molecule has 1 aromatic heterocycles. The van der Waals surface area contributed by atoms with Gasteiger partial charge in [0.15, 0.2) is 11.5 Å². The number of rotatable bonds is 12. The summed E-state index contributed by atoms with van der Waals surface area (Å²) in [4.78, 5) is 42.4. The monoisotopic (exact) mass is 560 g/mol. The number of carbonyl (C=O) groups excluding carboxylic acids is 3. The van der Waals surface area contributed by atoms with Gasteiger partial charge in [0.25, 0.3) is 5.91 Å². The third kappa shape index (κ3) is 9.63. The van der Waals surface area contributed by atoms with Crippen molar-refractivity contribution in [1.29, 1.82) is 0 Å². The Morgan fingerprint density at radius 3 is 2.50 bits per heavy atom. The van der Waals surface area contributed by atoms with Crippen molar-refractivity contribution in [2.75, 3.05) is 26.9 Å². The molecular weight excluding hydrogens is 520 g/mol. The molecule has 1 saturated heterocycles. The Morgan fingerprint density at radius 2 is 1.90 bits per heavy atom. The summed E-state index contributed by atoms with van der Waals surface area (Å²) in [5.41, 5.74) is 1.07. The Hall–Kier alpha value is -3.44. The fourth-order valence-corrected chi connectivity index (χ4v) is 3.91. The standard InChI is InChI=1S/C29H40N2O9/c1-17(2)12-21(35-7)13-18(3)23-10-11-24(26(32)30-14-20-8-9-20)31-25(23)27(33)38-19(4)39-28(34)36-15-22-16-37-29(5,6)40-22/h10-13,17,19-20,22H,8-9,14-16H2,1-7H3,(H,30,32)/b18-13+,21-12-. The lowest BCUT2D eigenvalue weighted by atomic mass is 10.0. The minimum atomic E-state index is -1.29. The number of aromatic nitrogens is 1. The Bertz CT molecular complexity index is 1140. The van der Waals surface area contributed by atoms with Crippen LogP contribution in [0.25, 0.3) is 5.57 Å². The molecule has 220 valence electrons. The summed E-state index contributed by atoms with van der Waals surface area (Å²) in [5.74, 6) is -0.694. The van der Waals surface area contributed by atoms with Gasteiger partial charge in [-0.15, -0.1) is 0 Å². The highest BCUT2D eigenvalue weighted by atomic mass is 16.8. The summed E-state index contributed by atoms with van der Waals surface area (Å²) in [6, 6.07) is 3.19. The van der Waals surface area contributed by atoms with E-state index in [0.717, 1.165) is 12.8 Å². The number of hydrogen-bond acceptors (Lipinski definition) is 10. The van der Waals surface area contributed by atoms with Gasteiger partial charge in [-0.1, -0.05) is 13.8 Å². The van der Waals surface area contributed by atoms with Gasteiger partial charge in [-0.05, 0) is 75.3 Å². The minimum absolute atomic E-state index is 0.0727. The Labute approximate surface area is 235 Å². The first-order valence-corrected chi connectivity index (χ1v) is 13.5. The van der Waals surface area contributed by atoms with E-state index >= 15 is 0 Å². The molecule has 0 bridgehead atoms. The lowest BCUT2D eigenvalue weighted by Crippen LogP contribution is -2.29. The molecule has 0 radical (unpaired) electrons. The van der Waals surface area contributed by atoms with Crippen LogP contribution in [0.15, 0.2) is 30.0 Å². The summed E-state index contributed by atoms with van der Waals surface area (Å²) < 4.78 is 32.0. The molecule has 0 aromatic carbocycles. The third-order valence-corrected chi connectivity index (χ3v) is 6.08. The number of nitrogens with zero attached hydrogens (tertiary/aromatic N) is 1. The number of methoxy groups -OCH3 is 1. The van der Waals surface area contributed by atoms with E-state index in [-0.39, 0.29) is 36.4 Å². The second-order valence-electron chi connectivity index (χ2n) is 10.7. The van der Waals surface area contributed by atoms with Crippen molar-refractivity contribution in [1.82, 2.24) is 10.3 Å². The Kier molecular flexibility index (Phi) is 10.7. The number of nitrogens with one attached hydrogen (secondary N) is 1. The van der Waals surface area contributed by atoms with Gasteiger partial charge >= 0.3 is 12.1 Å². The lowest BCUT2D eigenvalue weighted by molar-refractivity contribution is -0.145. The van der Waals surface area contributed by atoms with Crippen LogP contribution in [0, 0.1) is 11.8 Å². The highest BCUT2D eigenvalue weighted by Crippen LogP contribution is 2.28. The van der Waals surface area contributed by atoms with Crippen LogP contribution >= 0.6 is 0 Å². The van der Waals surface area contributed by atoms with Crippen LogP contribution < -0.4 is 5.32 Å². The maximum absolute atomic E-state index is 13.2. The fourth-order valence-electron chi connectivity index (χ4n) is 3.91. The van der Waals surface area contributed by atoms with Crippen LogP contribution in [0.2, 0.25) is 0 Å². The van der Waals surface area contributed by atoms with Crippen LogP contribution in [0.5, 0.6) is 0 Å². The van der Waals surface area contributed by atoms with Gasteiger partial charge in [0.2, 0.25) is 6.29 Å². The second-order valence-corrected chi connectivity index (χ2v) is 10.7. The zero-order valence-electron chi connectivity index (χ0n) is 24.3. The number of ether oxygens (including phenoxy) is 6. The van der Waals surface area contributed by atoms with Gasteiger partial charge in [-0.25, -0.2) is 14.6 Å². The molecule has 11 heteroatoms. The SMILES string of the molecule is COC(=C\C(C)C)/C=C(\C)c1ccc(C(=O)NCC2CC2)nc1C(=O)OC(C)OC(=O)OCC1COC(C)(C)O1. The van der Waals surface area contributed by atoms with Crippen molar-refractivity contribution < 1.29 is 42.8 Å². The molecule has 2 fully saturated rings. The zero-order valence-corrected chi connectivity index (χ0v) is 24.3. The fraction of sp³-hybridized carbons (Fsp3) is 0.586. The molecule has 3 rings (SSSR count). The summed E-state index contributed by atoms with van der Waals surface area (Å²) in [6.45, 7) is 11.5. The van der Waals surface area contributed by atoms with Gasteiger partial charge < -0.3 is 33.7 Å². The minimum Gasteiger partial charge on any atom is -0.497 e.